The van der Waals surface area contributed by atoms with Crippen LogP contribution < -0.4 is 5.32 Å². The molecule has 1 aromatic heterocycles. The number of nitrogens with one attached hydrogen (secondary N) is 1. The van der Waals surface area contributed by atoms with E-state index in [2.05, 4.69) is 10.4 Å². The second kappa shape index (κ2) is 6.84. The van der Waals surface area contributed by atoms with Crippen molar-refractivity contribution in [1.29, 1.82) is 0 Å². The molecule has 0 bridgehead atoms. The number of carbonyl (C=O) groups excluding carboxylic acids is 1. The minimum atomic E-state index is -0.0124. The first-order valence-electron chi connectivity index (χ1n) is 7.60. The average Bonchev–Trinajstić information content (AvgIpc) is 2.90. The lowest BCUT2D eigenvalue weighted by Gasteiger charge is -2.14. The molecular weight excluding hydrogens is 310 g/mol. The maximum absolute atomic E-state index is 12.2. The molecule has 5 heteroatoms. The van der Waals surface area contributed by atoms with Crippen molar-refractivity contribution in [3.63, 3.8) is 0 Å². The summed E-state index contributed by atoms with van der Waals surface area (Å²) in [6.07, 6.45) is 0.360. The van der Waals surface area contributed by atoms with E-state index in [0.29, 0.717) is 18.1 Å². The predicted octanol–water partition coefficient (Wildman–Crippen LogP) is 3.96. The lowest BCUT2D eigenvalue weighted by Crippen LogP contribution is -2.27. The molecule has 23 heavy (non-hydrogen) atoms. The number of fused-ring (bicyclic) bond motifs is 1. The summed E-state index contributed by atoms with van der Waals surface area (Å²) in [6.45, 7) is 2.48. The van der Waals surface area contributed by atoms with Crippen molar-refractivity contribution in [2.45, 2.75) is 25.9 Å². The molecule has 0 fully saturated rings. The maximum atomic E-state index is 12.2. The molecule has 0 radical (unpaired) electrons. The Kier molecular flexibility index (Phi) is 4.63. The van der Waals surface area contributed by atoms with Gasteiger partial charge in [-0.15, -0.1) is 0 Å². The largest absolute Gasteiger partial charge is 0.350 e. The highest BCUT2D eigenvalue weighted by atomic mass is 35.5. The van der Waals surface area contributed by atoms with Gasteiger partial charge in [0.15, 0.2) is 5.15 Å². The van der Waals surface area contributed by atoms with Crippen LogP contribution in [0.3, 0.4) is 0 Å². The number of carbonyl (C=O) groups is 1. The molecule has 3 rings (SSSR count). The van der Waals surface area contributed by atoms with E-state index in [4.69, 9.17) is 11.6 Å². The summed E-state index contributed by atoms with van der Waals surface area (Å²) in [5, 5.41) is 8.69. The number of hydrogen-bond acceptors (Lipinski definition) is 2. The minimum absolute atomic E-state index is 0.00273. The second-order valence-corrected chi connectivity index (χ2v) is 5.84. The highest BCUT2D eigenvalue weighted by Crippen LogP contribution is 2.22. The van der Waals surface area contributed by atoms with Crippen LogP contribution in [-0.2, 0) is 11.3 Å². The smallest absolute Gasteiger partial charge is 0.222 e. The lowest BCUT2D eigenvalue weighted by molar-refractivity contribution is -0.122. The maximum Gasteiger partial charge on any atom is 0.222 e. The number of rotatable bonds is 5. The first-order chi connectivity index (χ1) is 11.1. The molecule has 1 unspecified atom stereocenters. The van der Waals surface area contributed by atoms with Crippen LogP contribution >= 0.6 is 11.6 Å². The summed E-state index contributed by atoms with van der Waals surface area (Å²) < 4.78 is 1.78. The van der Waals surface area contributed by atoms with Crippen molar-refractivity contribution in [2.24, 2.45) is 0 Å². The van der Waals surface area contributed by atoms with E-state index in [0.717, 1.165) is 16.5 Å². The monoisotopic (exact) mass is 327 g/mol. The molecule has 0 aliphatic heterocycles. The zero-order valence-corrected chi connectivity index (χ0v) is 13.6. The molecule has 0 saturated carbocycles. The summed E-state index contributed by atoms with van der Waals surface area (Å²) in [5.74, 6) is -0.00273. The fourth-order valence-corrected chi connectivity index (χ4v) is 2.85. The zero-order valence-electron chi connectivity index (χ0n) is 12.9. The highest BCUT2D eigenvalue weighted by molar-refractivity contribution is 6.34. The molecule has 0 aliphatic rings. The van der Waals surface area contributed by atoms with E-state index in [9.17, 15) is 4.79 Å². The number of amides is 1. The zero-order chi connectivity index (χ0) is 16.2. The molecule has 0 spiro atoms. The molecule has 1 atom stereocenters. The lowest BCUT2D eigenvalue weighted by atomic mass is 10.1. The fraction of sp³-hybridized carbons (Fsp3) is 0.222. The summed E-state index contributed by atoms with van der Waals surface area (Å²) >= 11 is 6.12. The Morgan fingerprint density at radius 3 is 2.65 bits per heavy atom. The molecule has 3 aromatic rings. The summed E-state index contributed by atoms with van der Waals surface area (Å²) in [7, 11) is 0. The van der Waals surface area contributed by atoms with Crippen LogP contribution in [0.25, 0.3) is 10.9 Å². The van der Waals surface area contributed by atoms with Crippen molar-refractivity contribution < 1.29 is 4.79 Å². The Bertz CT molecular complexity index is 814. The quantitative estimate of drug-likeness (QED) is 0.771. The van der Waals surface area contributed by atoms with Gasteiger partial charge in [-0.05, 0) is 24.6 Å². The van der Waals surface area contributed by atoms with Gasteiger partial charge in [0.2, 0.25) is 5.91 Å². The first kappa shape index (κ1) is 15.6. The fourth-order valence-electron chi connectivity index (χ4n) is 2.60. The molecular formula is C18H18ClN3O. The standard InChI is InChI=1S/C18H18ClN3O/c1-13(14-7-3-2-4-8-14)20-17(23)11-12-22-16-10-6-5-9-15(16)18(19)21-22/h2-10,13H,11-12H2,1H3,(H,20,23). The Labute approximate surface area is 140 Å². The SMILES string of the molecule is CC(NC(=O)CCn1nc(Cl)c2ccccc21)c1ccccc1. The normalized spacial score (nSPS) is 12.3. The van der Waals surface area contributed by atoms with E-state index in [1.54, 1.807) is 4.68 Å². The number of aryl methyl sites for hydroxylation is 1. The van der Waals surface area contributed by atoms with Crippen LogP contribution in [0.15, 0.2) is 54.6 Å². The van der Waals surface area contributed by atoms with Crippen molar-refractivity contribution in [1.82, 2.24) is 15.1 Å². The van der Waals surface area contributed by atoms with E-state index < -0.39 is 0 Å². The molecule has 118 valence electrons. The van der Waals surface area contributed by atoms with E-state index in [1.807, 2.05) is 61.5 Å². The van der Waals surface area contributed by atoms with Crippen LogP contribution in [0.4, 0.5) is 0 Å². The molecule has 2 aromatic carbocycles. The Morgan fingerprint density at radius 1 is 1.17 bits per heavy atom. The molecule has 0 saturated heterocycles. The Balaban J connectivity index is 1.62. The first-order valence-corrected chi connectivity index (χ1v) is 7.98. The van der Waals surface area contributed by atoms with Gasteiger partial charge in [0.1, 0.15) is 0 Å². The van der Waals surface area contributed by atoms with E-state index in [-0.39, 0.29) is 11.9 Å². The number of benzene rings is 2. The van der Waals surface area contributed by atoms with E-state index in [1.165, 1.54) is 0 Å². The summed E-state index contributed by atoms with van der Waals surface area (Å²) in [4.78, 5) is 12.2. The van der Waals surface area contributed by atoms with Gasteiger partial charge in [0, 0.05) is 11.8 Å². The third kappa shape index (κ3) is 3.54. The van der Waals surface area contributed by atoms with Crippen molar-refractivity contribution in [2.75, 3.05) is 0 Å². The van der Waals surface area contributed by atoms with Gasteiger partial charge < -0.3 is 5.32 Å². The van der Waals surface area contributed by atoms with E-state index >= 15 is 0 Å². The van der Waals surface area contributed by atoms with Gasteiger partial charge >= 0.3 is 0 Å². The van der Waals surface area contributed by atoms with Gasteiger partial charge in [-0.25, -0.2) is 0 Å². The average molecular weight is 328 g/mol. The van der Waals surface area contributed by atoms with Gasteiger partial charge in [-0.2, -0.15) is 5.10 Å². The van der Waals surface area contributed by atoms with Gasteiger partial charge in [0.25, 0.3) is 0 Å². The molecule has 4 nitrogen and oxygen atoms in total. The van der Waals surface area contributed by atoms with Crippen molar-refractivity contribution in [3.05, 3.63) is 65.3 Å². The minimum Gasteiger partial charge on any atom is -0.350 e. The molecule has 1 amide bonds. The van der Waals surface area contributed by atoms with Crippen molar-refractivity contribution >= 4 is 28.4 Å². The van der Waals surface area contributed by atoms with Crippen LogP contribution in [-0.4, -0.2) is 15.7 Å². The number of para-hydroxylation sites is 1. The van der Waals surface area contributed by atoms with Crippen LogP contribution in [0.2, 0.25) is 5.15 Å². The van der Waals surface area contributed by atoms with Crippen LogP contribution in [0.1, 0.15) is 24.9 Å². The van der Waals surface area contributed by atoms with Crippen LogP contribution in [0, 0.1) is 0 Å². The number of nitrogens with zero attached hydrogens (tertiary/aromatic N) is 2. The number of aromatic nitrogens is 2. The number of hydrogen-bond donors (Lipinski definition) is 1. The second-order valence-electron chi connectivity index (χ2n) is 5.48. The van der Waals surface area contributed by atoms with Gasteiger partial charge in [0.05, 0.1) is 18.1 Å². The van der Waals surface area contributed by atoms with Crippen LogP contribution in [0.5, 0.6) is 0 Å². The Hall–Kier alpha value is -2.33. The number of halogens is 1. The summed E-state index contributed by atoms with van der Waals surface area (Å²) in [5.41, 5.74) is 2.04. The predicted molar refractivity (Wildman–Crippen MR) is 92.4 cm³/mol. The van der Waals surface area contributed by atoms with Gasteiger partial charge in [-0.1, -0.05) is 54.1 Å². The van der Waals surface area contributed by atoms with Gasteiger partial charge in [-0.3, -0.25) is 9.48 Å². The topological polar surface area (TPSA) is 46.9 Å². The molecule has 0 aliphatic carbocycles. The third-order valence-corrected chi connectivity index (χ3v) is 4.12. The highest BCUT2D eigenvalue weighted by Gasteiger charge is 2.12. The molecule has 1 heterocycles. The molecule has 1 N–H and O–H groups in total. The van der Waals surface area contributed by atoms with Crippen molar-refractivity contribution in [3.8, 4) is 0 Å². The third-order valence-electron chi connectivity index (χ3n) is 3.84. The Morgan fingerprint density at radius 2 is 1.87 bits per heavy atom. The summed E-state index contributed by atoms with van der Waals surface area (Å²) in [6, 6.07) is 17.6.